The Hall–Kier alpha value is -3.03. The predicted molar refractivity (Wildman–Crippen MR) is 110 cm³/mol. The van der Waals surface area contributed by atoms with Crippen LogP contribution in [0, 0.1) is 6.92 Å². The predicted octanol–water partition coefficient (Wildman–Crippen LogP) is 4.93. The van der Waals surface area contributed by atoms with E-state index in [9.17, 15) is 9.59 Å². The van der Waals surface area contributed by atoms with Gasteiger partial charge in [0.05, 0.1) is 15.7 Å². The first-order chi connectivity index (χ1) is 13.8. The van der Waals surface area contributed by atoms with Gasteiger partial charge in [0.25, 0.3) is 11.8 Å². The van der Waals surface area contributed by atoms with E-state index in [2.05, 4.69) is 15.8 Å². The van der Waals surface area contributed by atoms with E-state index in [0.717, 1.165) is 0 Å². The van der Waals surface area contributed by atoms with Gasteiger partial charge in [0.1, 0.15) is 22.8 Å². The SMILES string of the molecule is Cc1onc(-c2c(Cl)cccc2Cl)c1C(=O)Nc1ccc2c(c1)NC(=O)[C@@H](C)O2. The maximum atomic E-state index is 13.0. The van der Waals surface area contributed by atoms with E-state index in [1.54, 1.807) is 50.2 Å². The minimum absolute atomic E-state index is 0.214. The van der Waals surface area contributed by atoms with Gasteiger partial charge < -0.3 is 19.9 Å². The molecule has 0 fully saturated rings. The van der Waals surface area contributed by atoms with Gasteiger partial charge in [0.2, 0.25) is 0 Å². The molecule has 148 valence electrons. The summed E-state index contributed by atoms with van der Waals surface area (Å²) in [6.07, 6.45) is -0.578. The molecule has 0 bridgehead atoms. The second-order valence-electron chi connectivity index (χ2n) is 6.47. The molecular weight excluding hydrogens is 417 g/mol. The largest absolute Gasteiger partial charge is 0.479 e. The number of carbonyl (C=O) groups excluding carboxylic acids is 2. The standard InChI is InChI=1S/C20H15Cl2N3O4/c1-9-16(18(25-29-9)17-12(21)4-3-5-13(17)22)20(27)23-11-6-7-15-14(8-11)24-19(26)10(2)28-15/h3-8,10H,1-2H3,(H,23,27)(H,24,26)/t10-/m1/s1. The number of hydrogen-bond donors (Lipinski definition) is 2. The summed E-state index contributed by atoms with van der Waals surface area (Å²) >= 11 is 12.5. The van der Waals surface area contributed by atoms with Crippen LogP contribution in [0.5, 0.6) is 5.75 Å². The molecular formula is C20H15Cl2N3O4. The molecule has 1 aromatic heterocycles. The van der Waals surface area contributed by atoms with Crippen molar-refractivity contribution in [1.82, 2.24) is 5.16 Å². The Kier molecular flexibility index (Phi) is 4.94. The summed E-state index contributed by atoms with van der Waals surface area (Å²) in [7, 11) is 0. The zero-order valence-electron chi connectivity index (χ0n) is 15.4. The molecule has 0 saturated heterocycles. The fourth-order valence-electron chi connectivity index (χ4n) is 3.01. The van der Waals surface area contributed by atoms with E-state index < -0.39 is 12.0 Å². The van der Waals surface area contributed by atoms with Crippen molar-refractivity contribution >= 4 is 46.4 Å². The van der Waals surface area contributed by atoms with Gasteiger partial charge in [0, 0.05) is 11.3 Å². The number of ether oxygens (including phenoxy) is 1. The highest BCUT2D eigenvalue weighted by Gasteiger charge is 2.26. The maximum absolute atomic E-state index is 13.0. The number of carbonyl (C=O) groups is 2. The third-order valence-electron chi connectivity index (χ3n) is 4.46. The van der Waals surface area contributed by atoms with Crippen LogP contribution in [-0.4, -0.2) is 23.1 Å². The fraction of sp³-hybridized carbons (Fsp3) is 0.150. The number of rotatable bonds is 3. The Balaban J connectivity index is 1.66. The van der Waals surface area contributed by atoms with Gasteiger partial charge in [-0.3, -0.25) is 9.59 Å². The van der Waals surface area contributed by atoms with Gasteiger partial charge in [-0.25, -0.2) is 0 Å². The second-order valence-corrected chi connectivity index (χ2v) is 7.29. The topological polar surface area (TPSA) is 93.5 Å². The maximum Gasteiger partial charge on any atom is 0.265 e. The summed E-state index contributed by atoms with van der Waals surface area (Å²) in [5.74, 6) is 0.134. The quantitative estimate of drug-likeness (QED) is 0.612. The van der Waals surface area contributed by atoms with Crippen LogP contribution >= 0.6 is 23.2 Å². The number of amides is 2. The summed E-state index contributed by atoms with van der Waals surface area (Å²) in [6, 6.07) is 9.97. The third kappa shape index (κ3) is 3.54. The third-order valence-corrected chi connectivity index (χ3v) is 5.09. The average Bonchev–Trinajstić information content (AvgIpc) is 3.04. The van der Waals surface area contributed by atoms with E-state index >= 15 is 0 Å². The minimum atomic E-state index is -0.578. The molecule has 0 aliphatic carbocycles. The zero-order valence-corrected chi connectivity index (χ0v) is 16.9. The zero-order chi connectivity index (χ0) is 20.7. The van der Waals surface area contributed by atoms with Gasteiger partial charge >= 0.3 is 0 Å². The molecule has 3 aromatic rings. The molecule has 9 heteroatoms. The normalized spacial score (nSPS) is 15.3. The van der Waals surface area contributed by atoms with Crippen molar-refractivity contribution in [3.05, 3.63) is 57.8 Å². The Morgan fingerprint density at radius 3 is 2.66 bits per heavy atom. The Labute approximate surface area is 175 Å². The molecule has 1 aliphatic rings. The van der Waals surface area contributed by atoms with Crippen molar-refractivity contribution in [3.8, 4) is 17.0 Å². The van der Waals surface area contributed by atoms with Gasteiger partial charge in [-0.1, -0.05) is 34.4 Å². The van der Waals surface area contributed by atoms with Crippen molar-refractivity contribution in [1.29, 1.82) is 0 Å². The monoisotopic (exact) mass is 431 g/mol. The van der Waals surface area contributed by atoms with Crippen LogP contribution in [0.1, 0.15) is 23.0 Å². The molecule has 0 unspecified atom stereocenters. The number of fused-ring (bicyclic) bond motifs is 1. The number of aromatic nitrogens is 1. The second kappa shape index (κ2) is 7.42. The van der Waals surface area contributed by atoms with Crippen LogP contribution < -0.4 is 15.4 Å². The van der Waals surface area contributed by atoms with Crippen LogP contribution in [0.15, 0.2) is 40.9 Å². The van der Waals surface area contributed by atoms with Crippen LogP contribution in [0.2, 0.25) is 10.0 Å². The molecule has 0 saturated carbocycles. The number of anilines is 2. The van der Waals surface area contributed by atoms with Gasteiger partial charge in [-0.05, 0) is 44.2 Å². The molecule has 7 nitrogen and oxygen atoms in total. The van der Waals surface area contributed by atoms with Crippen molar-refractivity contribution in [2.45, 2.75) is 20.0 Å². The summed E-state index contributed by atoms with van der Waals surface area (Å²) in [4.78, 5) is 24.8. The average molecular weight is 432 g/mol. The van der Waals surface area contributed by atoms with E-state index in [0.29, 0.717) is 38.5 Å². The fourth-order valence-corrected chi connectivity index (χ4v) is 3.59. The van der Waals surface area contributed by atoms with Crippen molar-refractivity contribution in [2.75, 3.05) is 10.6 Å². The van der Waals surface area contributed by atoms with Gasteiger partial charge in [-0.15, -0.1) is 0 Å². The lowest BCUT2D eigenvalue weighted by Gasteiger charge is -2.23. The van der Waals surface area contributed by atoms with E-state index in [1.165, 1.54) is 0 Å². The van der Waals surface area contributed by atoms with Gasteiger partial charge in [-0.2, -0.15) is 0 Å². The molecule has 1 aliphatic heterocycles. The first-order valence-electron chi connectivity index (χ1n) is 8.68. The van der Waals surface area contributed by atoms with Crippen molar-refractivity contribution in [2.24, 2.45) is 0 Å². The highest BCUT2D eigenvalue weighted by molar-refractivity contribution is 6.39. The molecule has 2 amide bonds. The highest BCUT2D eigenvalue weighted by atomic mass is 35.5. The lowest BCUT2D eigenvalue weighted by Crippen LogP contribution is -2.34. The summed E-state index contributed by atoms with van der Waals surface area (Å²) in [5, 5.41) is 10.2. The van der Waals surface area contributed by atoms with Crippen molar-refractivity contribution < 1.29 is 18.8 Å². The Morgan fingerprint density at radius 1 is 1.21 bits per heavy atom. The smallest absolute Gasteiger partial charge is 0.265 e. The number of aryl methyl sites for hydroxylation is 1. The number of halogens is 2. The number of benzene rings is 2. The first-order valence-corrected chi connectivity index (χ1v) is 9.44. The minimum Gasteiger partial charge on any atom is -0.479 e. The molecule has 2 N–H and O–H groups in total. The Bertz CT molecular complexity index is 1120. The molecule has 2 heterocycles. The van der Waals surface area contributed by atoms with E-state index in [-0.39, 0.29) is 17.2 Å². The Morgan fingerprint density at radius 2 is 1.93 bits per heavy atom. The lowest BCUT2D eigenvalue weighted by molar-refractivity contribution is -0.122. The van der Waals surface area contributed by atoms with Crippen molar-refractivity contribution in [3.63, 3.8) is 0 Å². The number of hydrogen-bond acceptors (Lipinski definition) is 5. The van der Waals surface area contributed by atoms with Crippen LogP contribution in [0.3, 0.4) is 0 Å². The van der Waals surface area contributed by atoms with E-state index in [1.807, 2.05) is 0 Å². The molecule has 2 aromatic carbocycles. The summed E-state index contributed by atoms with van der Waals surface area (Å²) in [5.41, 5.74) is 1.81. The molecule has 29 heavy (non-hydrogen) atoms. The summed E-state index contributed by atoms with van der Waals surface area (Å²) in [6.45, 7) is 3.28. The van der Waals surface area contributed by atoms with Crippen LogP contribution in [-0.2, 0) is 4.79 Å². The molecule has 0 radical (unpaired) electrons. The van der Waals surface area contributed by atoms with Crippen LogP contribution in [0.4, 0.5) is 11.4 Å². The highest BCUT2D eigenvalue weighted by Crippen LogP contribution is 2.37. The van der Waals surface area contributed by atoms with E-state index in [4.69, 9.17) is 32.5 Å². The first kappa shape index (κ1) is 19.3. The number of nitrogens with zero attached hydrogens (tertiary/aromatic N) is 1. The molecule has 0 spiro atoms. The molecule has 1 atom stereocenters. The van der Waals surface area contributed by atoms with Crippen LogP contribution in [0.25, 0.3) is 11.3 Å². The summed E-state index contributed by atoms with van der Waals surface area (Å²) < 4.78 is 10.7. The lowest BCUT2D eigenvalue weighted by atomic mass is 10.1. The van der Waals surface area contributed by atoms with Gasteiger partial charge in [0.15, 0.2) is 6.10 Å². The number of nitrogens with one attached hydrogen (secondary N) is 2. The molecule has 4 rings (SSSR count).